The van der Waals surface area contributed by atoms with E-state index in [9.17, 15) is 4.39 Å². The van der Waals surface area contributed by atoms with Crippen LogP contribution in [0.15, 0.2) is 55.0 Å². The van der Waals surface area contributed by atoms with Gasteiger partial charge in [-0.3, -0.25) is 4.98 Å². The molecule has 2 heterocycles. The van der Waals surface area contributed by atoms with E-state index in [1.165, 1.54) is 12.3 Å². The molecule has 106 valence electrons. The van der Waals surface area contributed by atoms with Crippen molar-refractivity contribution in [3.8, 4) is 0 Å². The molecule has 0 radical (unpaired) electrons. The number of rotatable bonds is 3. The maximum Gasteiger partial charge on any atom is 0.108 e. The predicted octanol–water partition coefficient (Wildman–Crippen LogP) is 3.55. The molecule has 0 aliphatic carbocycles. The summed E-state index contributed by atoms with van der Waals surface area (Å²) in [5.41, 5.74) is 9.65. The fourth-order valence-electron chi connectivity index (χ4n) is 2.65. The molecule has 0 unspecified atom stereocenters. The van der Waals surface area contributed by atoms with Crippen molar-refractivity contribution >= 4 is 27.4 Å². The summed E-state index contributed by atoms with van der Waals surface area (Å²) in [5.74, 6) is 0. The quantitative estimate of drug-likeness (QED) is 0.746. The van der Waals surface area contributed by atoms with Gasteiger partial charge < -0.3 is 10.3 Å². The van der Waals surface area contributed by atoms with E-state index in [-0.39, 0.29) is 0 Å². The number of benzene rings is 1. The molecule has 3 rings (SSSR count). The fourth-order valence-corrected chi connectivity index (χ4v) is 2.65. The highest BCUT2D eigenvalue weighted by molar-refractivity contribution is 6.08. The van der Waals surface area contributed by atoms with Crippen LogP contribution in [0.1, 0.15) is 5.56 Å². The first kappa shape index (κ1) is 13.4. The van der Waals surface area contributed by atoms with E-state index in [4.69, 9.17) is 5.73 Å². The lowest BCUT2D eigenvalue weighted by Crippen LogP contribution is -1.90. The van der Waals surface area contributed by atoms with Gasteiger partial charge in [-0.2, -0.15) is 0 Å². The van der Waals surface area contributed by atoms with Crippen LogP contribution in [0.25, 0.3) is 27.4 Å². The second-order valence-corrected chi connectivity index (χ2v) is 4.86. The largest absolute Gasteiger partial charge is 0.404 e. The number of halogens is 1. The van der Waals surface area contributed by atoms with Crippen molar-refractivity contribution < 1.29 is 4.39 Å². The summed E-state index contributed by atoms with van der Waals surface area (Å²) >= 11 is 0. The number of nitrogens with two attached hydrogens (primary N) is 1. The molecule has 0 atom stereocenters. The third-order valence-corrected chi connectivity index (χ3v) is 3.71. The summed E-state index contributed by atoms with van der Waals surface area (Å²) < 4.78 is 14.4. The third kappa shape index (κ3) is 2.18. The normalized spacial score (nSPS) is 12.8. The van der Waals surface area contributed by atoms with Gasteiger partial charge in [0.15, 0.2) is 0 Å². The first-order chi connectivity index (χ1) is 10.3. The van der Waals surface area contributed by atoms with E-state index in [1.54, 1.807) is 12.3 Å². The van der Waals surface area contributed by atoms with E-state index >= 15 is 0 Å². The van der Waals surface area contributed by atoms with Crippen LogP contribution in [-0.4, -0.2) is 16.2 Å². The van der Waals surface area contributed by atoms with Crippen LogP contribution in [0.5, 0.6) is 0 Å². The maximum absolute atomic E-state index is 12.3. The van der Waals surface area contributed by atoms with Crippen molar-refractivity contribution in [1.82, 2.24) is 9.55 Å². The van der Waals surface area contributed by atoms with Crippen molar-refractivity contribution in [3.63, 3.8) is 0 Å². The van der Waals surface area contributed by atoms with Gasteiger partial charge in [0.25, 0.3) is 0 Å². The molecule has 0 aliphatic heterocycles. The standard InChI is InChI=1S/C17H16FN3/c1-21-16-6-8-20-11-15(16)14-5-4-12(9-17(14)21)13(10-19)3-2-7-18/h2-6,8-11H,7,19H2,1H3/b3-2-,13-10+. The van der Waals surface area contributed by atoms with Crippen LogP contribution in [0.4, 0.5) is 4.39 Å². The van der Waals surface area contributed by atoms with Gasteiger partial charge in [0.2, 0.25) is 0 Å². The molecule has 0 spiro atoms. The third-order valence-electron chi connectivity index (χ3n) is 3.71. The second kappa shape index (κ2) is 5.40. The van der Waals surface area contributed by atoms with Crippen LogP contribution >= 0.6 is 0 Å². The topological polar surface area (TPSA) is 43.8 Å². The number of hydrogen-bond acceptors (Lipinski definition) is 2. The predicted molar refractivity (Wildman–Crippen MR) is 85.5 cm³/mol. The molecule has 4 heteroatoms. The molecule has 0 saturated heterocycles. The zero-order valence-corrected chi connectivity index (χ0v) is 11.8. The molecular weight excluding hydrogens is 265 g/mol. The van der Waals surface area contributed by atoms with Gasteiger partial charge >= 0.3 is 0 Å². The van der Waals surface area contributed by atoms with Gasteiger partial charge in [-0.05, 0) is 23.3 Å². The Labute approximate surface area is 122 Å². The number of fused-ring (bicyclic) bond motifs is 3. The molecule has 3 nitrogen and oxygen atoms in total. The van der Waals surface area contributed by atoms with Crippen LogP contribution in [-0.2, 0) is 7.05 Å². The molecular formula is C17H16FN3. The van der Waals surface area contributed by atoms with E-state index in [1.807, 2.05) is 25.4 Å². The van der Waals surface area contributed by atoms with E-state index in [0.29, 0.717) is 0 Å². The van der Waals surface area contributed by atoms with Crippen LogP contribution in [0, 0.1) is 0 Å². The highest BCUT2D eigenvalue weighted by Crippen LogP contribution is 2.29. The average molecular weight is 281 g/mol. The smallest absolute Gasteiger partial charge is 0.108 e. The van der Waals surface area contributed by atoms with Crippen LogP contribution in [0.3, 0.4) is 0 Å². The van der Waals surface area contributed by atoms with Gasteiger partial charge in [-0.1, -0.05) is 24.3 Å². The summed E-state index contributed by atoms with van der Waals surface area (Å²) in [5, 5.41) is 2.27. The lowest BCUT2D eigenvalue weighted by atomic mass is 10.0. The van der Waals surface area contributed by atoms with Crippen LogP contribution < -0.4 is 5.73 Å². The Kier molecular flexibility index (Phi) is 3.44. The van der Waals surface area contributed by atoms with E-state index in [0.717, 1.165) is 32.9 Å². The molecule has 1 aromatic carbocycles. The van der Waals surface area contributed by atoms with Gasteiger partial charge in [-0.15, -0.1) is 0 Å². The lowest BCUT2D eigenvalue weighted by molar-refractivity contribution is 0.562. The zero-order valence-electron chi connectivity index (χ0n) is 11.8. The molecule has 2 N–H and O–H groups in total. The first-order valence-electron chi connectivity index (χ1n) is 6.73. The molecule has 21 heavy (non-hydrogen) atoms. The molecule has 0 amide bonds. The Hall–Kier alpha value is -2.62. The molecule has 2 aromatic heterocycles. The van der Waals surface area contributed by atoms with Gasteiger partial charge in [0, 0.05) is 41.9 Å². The Balaban J connectivity index is 2.23. The SMILES string of the molecule is Cn1c2ccncc2c2ccc(C(/C=C\CF)=C/N)cc21. The van der Waals surface area contributed by atoms with Crippen molar-refractivity contribution in [3.05, 3.63) is 60.6 Å². The fraction of sp³-hybridized carbons (Fsp3) is 0.118. The summed E-state index contributed by atoms with van der Waals surface area (Å²) in [4.78, 5) is 4.19. The number of alkyl halides is 1. The molecule has 0 bridgehead atoms. The van der Waals surface area contributed by atoms with Crippen molar-refractivity contribution in [2.24, 2.45) is 12.8 Å². The van der Waals surface area contributed by atoms with E-state index < -0.39 is 6.67 Å². The number of pyridine rings is 1. The minimum Gasteiger partial charge on any atom is -0.404 e. The highest BCUT2D eigenvalue weighted by atomic mass is 19.1. The second-order valence-electron chi connectivity index (χ2n) is 4.86. The minimum atomic E-state index is -0.501. The Morgan fingerprint density at radius 1 is 1.29 bits per heavy atom. The molecule has 3 aromatic rings. The number of aryl methyl sites for hydroxylation is 1. The Morgan fingerprint density at radius 3 is 2.90 bits per heavy atom. The molecule has 0 aliphatic rings. The van der Waals surface area contributed by atoms with Gasteiger partial charge in [0.05, 0.1) is 5.52 Å². The number of aromatic nitrogens is 2. The average Bonchev–Trinajstić information content (AvgIpc) is 2.82. The summed E-state index contributed by atoms with van der Waals surface area (Å²) in [6, 6.07) is 8.12. The number of allylic oxidation sites excluding steroid dienone is 3. The summed E-state index contributed by atoms with van der Waals surface area (Å²) in [6.07, 6.45) is 8.31. The molecule has 0 fully saturated rings. The zero-order chi connectivity index (χ0) is 14.8. The highest BCUT2D eigenvalue weighted by Gasteiger charge is 2.09. The first-order valence-corrected chi connectivity index (χ1v) is 6.73. The van der Waals surface area contributed by atoms with Crippen molar-refractivity contribution in [2.45, 2.75) is 0 Å². The Morgan fingerprint density at radius 2 is 2.14 bits per heavy atom. The van der Waals surface area contributed by atoms with Gasteiger partial charge in [-0.25, -0.2) is 4.39 Å². The number of nitrogens with zero attached hydrogens (tertiary/aromatic N) is 2. The lowest BCUT2D eigenvalue weighted by Gasteiger charge is -2.04. The molecule has 0 saturated carbocycles. The monoisotopic (exact) mass is 281 g/mol. The summed E-state index contributed by atoms with van der Waals surface area (Å²) in [7, 11) is 2.03. The van der Waals surface area contributed by atoms with Gasteiger partial charge in [0.1, 0.15) is 6.67 Å². The Bertz CT molecular complexity index is 859. The van der Waals surface area contributed by atoms with Crippen molar-refractivity contribution in [1.29, 1.82) is 0 Å². The van der Waals surface area contributed by atoms with Crippen molar-refractivity contribution in [2.75, 3.05) is 6.67 Å². The van der Waals surface area contributed by atoms with E-state index in [2.05, 4.69) is 21.7 Å². The van der Waals surface area contributed by atoms with Crippen LogP contribution in [0.2, 0.25) is 0 Å². The maximum atomic E-state index is 12.3. The summed E-state index contributed by atoms with van der Waals surface area (Å²) in [6.45, 7) is -0.501. The number of hydrogen-bond donors (Lipinski definition) is 1. The minimum absolute atomic E-state index is 0.501.